The van der Waals surface area contributed by atoms with E-state index in [9.17, 15) is 4.79 Å². The van der Waals surface area contributed by atoms with Gasteiger partial charge in [-0.1, -0.05) is 35.5 Å². The minimum Gasteiger partial charge on any atom is -0.454 e. The number of ether oxygens (including phenoxy) is 2. The van der Waals surface area contributed by atoms with Gasteiger partial charge in [0.2, 0.25) is 12.7 Å². The molecular formula is C19H16N2O4S. The number of Topliss-reactive ketones (excluding diaryl/α,β-unsaturated/α-hetero) is 1. The summed E-state index contributed by atoms with van der Waals surface area (Å²) < 4.78 is 16.3. The van der Waals surface area contributed by atoms with E-state index >= 15 is 0 Å². The Balaban J connectivity index is 1.44. The number of thioether (sulfide) groups is 1. The van der Waals surface area contributed by atoms with Gasteiger partial charge >= 0.3 is 0 Å². The zero-order chi connectivity index (χ0) is 18.1. The molecular weight excluding hydrogens is 352 g/mol. The van der Waals surface area contributed by atoms with E-state index in [2.05, 4.69) is 10.2 Å². The molecule has 6 nitrogen and oxygen atoms in total. The second-order valence-electron chi connectivity index (χ2n) is 5.97. The van der Waals surface area contributed by atoms with E-state index in [0.717, 1.165) is 22.3 Å². The molecule has 0 saturated carbocycles. The van der Waals surface area contributed by atoms with Crippen molar-refractivity contribution < 1.29 is 18.7 Å². The zero-order valence-corrected chi connectivity index (χ0v) is 15.1. The number of hydrogen-bond acceptors (Lipinski definition) is 7. The van der Waals surface area contributed by atoms with Crippen LogP contribution < -0.4 is 9.47 Å². The molecule has 1 aliphatic heterocycles. The van der Waals surface area contributed by atoms with Crippen LogP contribution in [0.25, 0.3) is 11.5 Å². The first-order chi connectivity index (χ1) is 12.6. The molecule has 1 aliphatic rings. The van der Waals surface area contributed by atoms with Crippen LogP contribution >= 0.6 is 11.8 Å². The average Bonchev–Trinajstić information content (AvgIpc) is 3.28. The average molecular weight is 368 g/mol. The van der Waals surface area contributed by atoms with Crippen LogP contribution in [0.1, 0.15) is 21.5 Å². The second kappa shape index (κ2) is 6.84. The van der Waals surface area contributed by atoms with Crippen molar-refractivity contribution in [1.82, 2.24) is 10.2 Å². The van der Waals surface area contributed by atoms with E-state index in [1.54, 1.807) is 12.1 Å². The highest BCUT2D eigenvalue weighted by atomic mass is 32.2. The smallest absolute Gasteiger partial charge is 0.277 e. The third-order valence-electron chi connectivity index (χ3n) is 4.04. The molecule has 0 atom stereocenters. The van der Waals surface area contributed by atoms with Crippen molar-refractivity contribution >= 4 is 17.5 Å². The van der Waals surface area contributed by atoms with Gasteiger partial charge in [0.25, 0.3) is 5.22 Å². The number of aryl methyl sites for hydroxylation is 2. The summed E-state index contributed by atoms with van der Waals surface area (Å²) in [5, 5.41) is 8.41. The first kappa shape index (κ1) is 16.7. The molecule has 0 spiro atoms. The number of ketones is 1. The summed E-state index contributed by atoms with van der Waals surface area (Å²) in [7, 11) is 0. The third-order valence-corrected chi connectivity index (χ3v) is 4.85. The van der Waals surface area contributed by atoms with Crippen LogP contribution in [-0.4, -0.2) is 28.5 Å². The molecule has 0 saturated heterocycles. The summed E-state index contributed by atoms with van der Waals surface area (Å²) >= 11 is 1.23. The number of hydrogen-bond donors (Lipinski definition) is 0. The second-order valence-corrected chi connectivity index (χ2v) is 6.90. The van der Waals surface area contributed by atoms with Crippen LogP contribution in [0.2, 0.25) is 0 Å². The molecule has 132 valence electrons. The maximum atomic E-state index is 12.4. The number of benzene rings is 2. The van der Waals surface area contributed by atoms with Crippen LogP contribution in [0.3, 0.4) is 0 Å². The minimum absolute atomic E-state index is 0.0373. The summed E-state index contributed by atoms with van der Waals surface area (Å²) in [5.41, 5.74) is 3.58. The van der Waals surface area contributed by atoms with E-state index < -0.39 is 0 Å². The lowest BCUT2D eigenvalue weighted by Gasteiger charge is -2.04. The topological polar surface area (TPSA) is 74.5 Å². The Morgan fingerprint density at radius 3 is 2.77 bits per heavy atom. The van der Waals surface area contributed by atoms with Crippen molar-refractivity contribution in [2.75, 3.05) is 12.5 Å². The Morgan fingerprint density at radius 1 is 1.08 bits per heavy atom. The third kappa shape index (κ3) is 3.30. The quantitative estimate of drug-likeness (QED) is 0.497. The van der Waals surface area contributed by atoms with E-state index in [1.807, 2.05) is 38.1 Å². The molecule has 0 unspecified atom stereocenters. The van der Waals surface area contributed by atoms with Gasteiger partial charge in [-0.15, -0.1) is 10.2 Å². The van der Waals surface area contributed by atoms with Gasteiger partial charge in [0.1, 0.15) is 0 Å². The number of aromatic nitrogens is 2. The number of nitrogens with zero attached hydrogens (tertiary/aromatic N) is 2. The summed E-state index contributed by atoms with van der Waals surface area (Å²) in [6, 6.07) is 11.2. The first-order valence-electron chi connectivity index (χ1n) is 8.07. The van der Waals surface area contributed by atoms with Gasteiger partial charge in [0, 0.05) is 11.1 Å². The molecule has 0 amide bonds. The molecule has 3 aromatic rings. The minimum atomic E-state index is 0.0373. The monoisotopic (exact) mass is 368 g/mol. The maximum absolute atomic E-state index is 12.4. The van der Waals surface area contributed by atoms with Crippen molar-refractivity contribution in [3.63, 3.8) is 0 Å². The van der Waals surface area contributed by atoms with Crippen molar-refractivity contribution in [3.05, 3.63) is 53.1 Å². The molecule has 2 aromatic carbocycles. The number of fused-ring (bicyclic) bond motifs is 1. The fraction of sp³-hybridized carbons (Fsp3) is 0.211. The molecule has 2 heterocycles. The largest absolute Gasteiger partial charge is 0.454 e. The summed E-state index contributed by atoms with van der Waals surface area (Å²) in [6.45, 7) is 4.16. The predicted molar refractivity (Wildman–Crippen MR) is 96.8 cm³/mol. The Hall–Kier alpha value is -2.80. The van der Waals surface area contributed by atoms with Crippen molar-refractivity contribution in [3.8, 4) is 23.0 Å². The Labute approximate surface area is 154 Å². The van der Waals surface area contributed by atoms with Gasteiger partial charge in [0.15, 0.2) is 17.3 Å². The van der Waals surface area contributed by atoms with Gasteiger partial charge < -0.3 is 13.9 Å². The van der Waals surface area contributed by atoms with Gasteiger partial charge in [0.05, 0.1) is 5.75 Å². The van der Waals surface area contributed by atoms with Crippen LogP contribution in [0.15, 0.2) is 46.0 Å². The SMILES string of the molecule is Cc1ccc(C(=O)CSc2nnc(-c3ccc4c(c3)OCO4)o2)c(C)c1. The van der Waals surface area contributed by atoms with Crippen LogP contribution in [0, 0.1) is 13.8 Å². The van der Waals surface area contributed by atoms with Crippen LogP contribution in [0.4, 0.5) is 0 Å². The molecule has 0 radical (unpaired) electrons. The van der Waals surface area contributed by atoms with Gasteiger partial charge in [-0.3, -0.25) is 4.79 Å². The number of carbonyl (C=O) groups excluding carboxylic acids is 1. The fourth-order valence-corrected chi connectivity index (χ4v) is 3.39. The molecule has 0 fully saturated rings. The zero-order valence-electron chi connectivity index (χ0n) is 14.3. The summed E-state index contributed by atoms with van der Waals surface area (Å²) in [6.07, 6.45) is 0. The Bertz CT molecular complexity index is 983. The van der Waals surface area contributed by atoms with E-state index in [0.29, 0.717) is 22.6 Å². The highest BCUT2D eigenvalue weighted by molar-refractivity contribution is 7.99. The Kier molecular flexibility index (Phi) is 4.38. The van der Waals surface area contributed by atoms with Crippen LogP contribution in [-0.2, 0) is 0 Å². The van der Waals surface area contributed by atoms with Crippen molar-refractivity contribution in [2.24, 2.45) is 0 Å². The lowest BCUT2D eigenvalue weighted by molar-refractivity contribution is 0.102. The molecule has 4 rings (SSSR count). The summed E-state index contributed by atoms with van der Waals surface area (Å²) in [4.78, 5) is 12.4. The first-order valence-corrected chi connectivity index (χ1v) is 9.05. The molecule has 0 aliphatic carbocycles. The predicted octanol–water partition coefficient (Wildman–Crippen LogP) is 4.06. The standard InChI is InChI=1S/C19H16N2O4S/c1-11-3-5-14(12(2)7-11)15(22)9-26-19-21-20-18(25-19)13-4-6-16-17(8-13)24-10-23-16/h3-8H,9-10H2,1-2H3. The summed E-state index contributed by atoms with van der Waals surface area (Å²) in [5.74, 6) is 2.01. The highest BCUT2D eigenvalue weighted by Gasteiger charge is 2.17. The van der Waals surface area contributed by atoms with Gasteiger partial charge in [-0.05, 0) is 37.6 Å². The normalized spacial score (nSPS) is 12.4. The number of rotatable bonds is 5. The van der Waals surface area contributed by atoms with E-state index in [4.69, 9.17) is 13.9 Å². The van der Waals surface area contributed by atoms with Gasteiger partial charge in [-0.25, -0.2) is 0 Å². The molecule has 26 heavy (non-hydrogen) atoms. The van der Waals surface area contributed by atoms with Crippen LogP contribution in [0.5, 0.6) is 11.5 Å². The highest BCUT2D eigenvalue weighted by Crippen LogP contribution is 2.36. The van der Waals surface area contributed by atoms with E-state index in [1.165, 1.54) is 11.8 Å². The fourth-order valence-electron chi connectivity index (χ4n) is 2.75. The molecule has 0 bridgehead atoms. The van der Waals surface area contributed by atoms with E-state index in [-0.39, 0.29) is 18.3 Å². The lowest BCUT2D eigenvalue weighted by atomic mass is 10.0. The molecule has 1 aromatic heterocycles. The van der Waals surface area contributed by atoms with Crippen molar-refractivity contribution in [1.29, 1.82) is 0 Å². The number of carbonyl (C=O) groups is 1. The molecule has 0 N–H and O–H groups in total. The Morgan fingerprint density at radius 2 is 1.92 bits per heavy atom. The lowest BCUT2D eigenvalue weighted by Crippen LogP contribution is -2.04. The van der Waals surface area contributed by atoms with Crippen molar-refractivity contribution in [2.45, 2.75) is 19.1 Å². The maximum Gasteiger partial charge on any atom is 0.277 e. The van der Waals surface area contributed by atoms with Gasteiger partial charge in [-0.2, -0.15) is 0 Å². The molecule has 7 heteroatoms.